The van der Waals surface area contributed by atoms with E-state index in [1.165, 1.54) is 4.68 Å². The molecule has 1 aliphatic heterocycles. The Morgan fingerprint density at radius 3 is 2.73 bits per heavy atom. The van der Waals surface area contributed by atoms with Crippen molar-refractivity contribution >= 4 is 11.4 Å². The molecule has 1 saturated heterocycles. The third-order valence-corrected chi connectivity index (χ3v) is 4.10. The van der Waals surface area contributed by atoms with E-state index in [1.54, 1.807) is 6.20 Å². The first kappa shape index (κ1) is 14.6. The monoisotopic (exact) mass is 298 g/mol. The average molecular weight is 298 g/mol. The van der Waals surface area contributed by atoms with E-state index in [-0.39, 0.29) is 5.49 Å². The highest BCUT2D eigenvalue weighted by molar-refractivity contribution is 5.73. The van der Waals surface area contributed by atoms with Gasteiger partial charge in [-0.2, -0.15) is 0 Å². The van der Waals surface area contributed by atoms with E-state index in [1.807, 2.05) is 18.2 Å². The second-order valence-corrected chi connectivity index (χ2v) is 5.66. The summed E-state index contributed by atoms with van der Waals surface area (Å²) in [6.45, 7) is 3.71. The Morgan fingerprint density at radius 2 is 1.95 bits per heavy atom. The van der Waals surface area contributed by atoms with Crippen LogP contribution in [-0.4, -0.2) is 47.8 Å². The van der Waals surface area contributed by atoms with Crippen LogP contribution >= 0.6 is 0 Å². The van der Waals surface area contributed by atoms with Crippen LogP contribution in [0.25, 0.3) is 5.57 Å². The number of rotatable bonds is 2. The molecular formula is C16H22N6. The number of likely N-dealkylation sites (N-methyl/N-ethyl adjacent to an activating group) is 1. The third kappa shape index (κ3) is 2.82. The highest BCUT2D eigenvalue weighted by Gasteiger charge is 2.18. The molecule has 0 amide bonds. The lowest BCUT2D eigenvalue weighted by molar-refractivity contribution is 0.311. The summed E-state index contributed by atoms with van der Waals surface area (Å²) >= 11 is 0. The molecule has 0 bridgehead atoms. The maximum absolute atomic E-state index is 8.35. The summed E-state index contributed by atoms with van der Waals surface area (Å²) in [6, 6.07) is 0. The van der Waals surface area contributed by atoms with Gasteiger partial charge in [0.2, 0.25) is 0 Å². The SMILES string of the molecule is CN1CCN(c2ncc(C3=CC=CCC=C3)n(N)c2=N)CC1. The van der Waals surface area contributed by atoms with E-state index in [4.69, 9.17) is 11.3 Å². The number of hydrogen-bond acceptors (Lipinski definition) is 5. The summed E-state index contributed by atoms with van der Waals surface area (Å²) in [7, 11) is 2.11. The van der Waals surface area contributed by atoms with Gasteiger partial charge in [0.1, 0.15) is 0 Å². The highest BCUT2D eigenvalue weighted by Crippen LogP contribution is 2.17. The normalized spacial score (nSPS) is 19.1. The third-order valence-electron chi connectivity index (χ3n) is 4.10. The van der Waals surface area contributed by atoms with Crippen LogP contribution in [0.1, 0.15) is 12.1 Å². The van der Waals surface area contributed by atoms with E-state index < -0.39 is 0 Å². The van der Waals surface area contributed by atoms with Crippen molar-refractivity contribution in [3.63, 3.8) is 0 Å². The molecule has 0 unspecified atom stereocenters. The van der Waals surface area contributed by atoms with Gasteiger partial charge in [-0.1, -0.05) is 30.4 Å². The molecule has 3 rings (SSSR count). The zero-order valence-electron chi connectivity index (χ0n) is 12.9. The minimum atomic E-state index is 0.254. The largest absolute Gasteiger partial charge is 0.351 e. The number of aromatic nitrogens is 2. The maximum atomic E-state index is 8.35. The molecule has 1 aromatic heterocycles. The van der Waals surface area contributed by atoms with Crippen LogP contribution in [0.3, 0.4) is 0 Å². The summed E-state index contributed by atoms with van der Waals surface area (Å²) in [5.41, 5.74) is 1.98. The van der Waals surface area contributed by atoms with Crippen molar-refractivity contribution in [3.8, 4) is 0 Å². The smallest absolute Gasteiger partial charge is 0.187 e. The Balaban J connectivity index is 1.93. The quantitative estimate of drug-likeness (QED) is 0.789. The van der Waals surface area contributed by atoms with Crippen molar-refractivity contribution < 1.29 is 0 Å². The molecule has 1 fully saturated rings. The predicted molar refractivity (Wildman–Crippen MR) is 88.8 cm³/mol. The molecule has 2 aliphatic rings. The summed E-state index contributed by atoms with van der Waals surface area (Å²) in [5, 5.41) is 8.35. The molecule has 6 nitrogen and oxygen atoms in total. The number of nitrogen functional groups attached to an aromatic ring is 1. The lowest BCUT2D eigenvalue weighted by Gasteiger charge is -2.33. The molecule has 116 valence electrons. The van der Waals surface area contributed by atoms with Crippen LogP contribution in [0.2, 0.25) is 0 Å². The molecule has 2 heterocycles. The van der Waals surface area contributed by atoms with Gasteiger partial charge in [0.05, 0.1) is 11.9 Å². The van der Waals surface area contributed by atoms with Crippen LogP contribution in [0.15, 0.2) is 36.6 Å². The van der Waals surface area contributed by atoms with Gasteiger partial charge in [-0.15, -0.1) is 0 Å². The van der Waals surface area contributed by atoms with E-state index >= 15 is 0 Å². The van der Waals surface area contributed by atoms with Crippen molar-refractivity contribution in [1.29, 1.82) is 5.41 Å². The zero-order chi connectivity index (χ0) is 15.5. The maximum Gasteiger partial charge on any atom is 0.187 e. The van der Waals surface area contributed by atoms with Crippen molar-refractivity contribution in [2.24, 2.45) is 0 Å². The Morgan fingerprint density at radius 1 is 1.18 bits per heavy atom. The van der Waals surface area contributed by atoms with Crippen molar-refractivity contribution in [3.05, 3.63) is 47.8 Å². The van der Waals surface area contributed by atoms with Crippen LogP contribution in [0.4, 0.5) is 5.82 Å². The van der Waals surface area contributed by atoms with Gasteiger partial charge >= 0.3 is 0 Å². The fraction of sp³-hybridized carbons (Fsp3) is 0.375. The number of piperazine rings is 1. The van der Waals surface area contributed by atoms with Crippen LogP contribution in [-0.2, 0) is 0 Å². The highest BCUT2D eigenvalue weighted by atomic mass is 15.3. The minimum absolute atomic E-state index is 0.254. The molecule has 22 heavy (non-hydrogen) atoms. The fourth-order valence-electron chi connectivity index (χ4n) is 2.69. The summed E-state index contributed by atoms with van der Waals surface area (Å²) < 4.78 is 1.43. The topological polar surface area (TPSA) is 74.2 Å². The molecule has 0 radical (unpaired) electrons. The van der Waals surface area contributed by atoms with Crippen molar-refractivity contribution in [2.45, 2.75) is 6.42 Å². The summed E-state index contributed by atoms with van der Waals surface area (Å²) in [6.07, 6.45) is 12.9. The Bertz CT molecular complexity index is 689. The number of nitrogens with zero attached hydrogens (tertiary/aromatic N) is 4. The number of anilines is 1. The average Bonchev–Trinajstić information content (AvgIpc) is 2.80. The van der Waals surface area contributed by atoms with Crippen molar-refractivity contribution in [1.82, 2.24) is 14.6 Å². The summed E-state index contributed by atoms with van der Waals surface area (Å²) in [4.78, 5) is 8.92. The summed E-state index contributed by atoms with van der Waals surface area (Å²) in [5.74, 6) is 6.81. The lowest BCUT2D eigenvalue weighted by Crippen LogP contribution is -2.48. The van der Waals surface area contributed by atoms with Crippen LogP contribution in [0, 0.1) is 5.41 Å². The molecule has 1 aliphatic carbocycles. The van der Waals surface area contributed by atoms with Gasteiger partial charge in [-0.25, -0.2) is 9.66 Å². The van der Waals surface area contributed by atoms with E-state index in [9.17, 15) is 0 Å². The van der Waals surface area contributed by atoms with Gasteiger partial charge in [-0.05, 0) is 13.5 Å². The van der Waals surface area contributed by atoms with Gasteiger partial charge in [-0.3, -0.25) is 5.41 Å². The Hall–Kier alpha value is -2.34. The number of allylic oxidation sites excluding steroid dienone is 6. The zero-order valence-corrected chi connectivity index (χ0v) is 12.9. The Labute approximate surface area is 130 Å². The lowest BCUT2D eigenvalue weighted by atomic mass is 10.1. The molecule has 0 atom stereocenters. The van der Waals surface area contributed by atoms with Crippen molar-refractivity contribution in [2.75, 3.05) is 44.0 Å². The van der Waals surface area contributed by atoms with Gasteiger partial charge in [0.15, 0.2) is 11.3 Å². The first-order valence-electron chi connectivity index (χ1n) is 7.56. The van der Waals surface area contributed by atoms with Gasteiger partial charge in [0.25, 0.3) is 0 Å². The van der Waals surface area contributed by atoms with Crippen LogP contribution in [0.5, 0.6) is 0 Å². The number of hydrogen-bond donors (Lipinski definition) is 2. The minimum Gasteiger partial charge on any atom is -0.351 e. The molecule has 0 aromatic carbocycles. The van der Waals surface area contributed by atoms with Gasteiger partial charge < -0.3 is 15.6 Å². The molecule has 1 aromatic rings. The first-order chi connectivity index (χ1) is 10.7. The molecule has 6 heteroatoms. The molecule has 0 spiro atoms. The second kappa shape index (κ2) is 6.19. The first-order valence-corrected chi connectivity index (χ1v) is 7.56. The Kier molecular flexibility index (Phi) is 4.11. The predicted octanol–water partition coefficient (Wildman–Crippen LogP) is 0.728. The van der Waals surface area contributed by atoms with E-state index in [2.05, 4.69) is 34.0 Å². The van der Waals surface area contributed by atoms with Gasteiger partial charge in [0, 0.05) is 31.8 Å². The number of nitrogens with one attached hydrogen (secondary N) is 1. The second-order valence-electron chi connectivity index (χ2n) is 5.66. The fourth-order valence-corrected chi connectivity index (χ4v) is 2.69. The molecule has 0 saturated carbocycles. The standard InChI is InChI=1S/C16H22N6/c1-20-8-10-21(11-9-20)16-15(17)22(18)14(12-19-16)13-6-4-2-3-5-7-13/h2,4-7,12,17H,3,8-11,18H2,1H3. The van der Waals surface area contributed by atoms with E-state index in [0.29, 0.717) is 5.82 Å². The van der Waals surface area contributed by atoms with E-state index in [0.717, 1.165) is 43.9 Å². The molecule has 3 N–H and O–H groups in total. The van der Waals surface area contributed by atoms with Crippen LogP contribution < -0.4 is 16.2 Å². The number of nitrogens with two attached hydrogens (primary N) is 1. The molecular weight excluding hydrogens is 276 g/mol.